The second-order valence-electron chi connectivity index (χ2n) is 7.31. The minimum atomic E-state index is -1.04. The van der Waals surface area contributed by atoms with Crippen molar-refractivity contribution >= 4 is 46.6 Å². The third-order valence-electron chi connectivity index (χ3n) is 5.00. The predicted octanol–water partition coefficient (Wildman–Crippen LogP) is 3.55. The fourth-order valence-electron chi connectivity index (χ4n) is 3.43. The quantitative estimate of drug-likeness (QED) is 0.468. The van der Waals surface area contributed by atoms with E-state index in [1.54, 1.807) is 12.1 Å². The second-order valence-corrected chi connectivity index (χ2v) is 7.74. The van der Waals surface area contributed by atoms with Crippen LogP contribution in [0.5, 0.6) is 5.75 Å². The van der Waals surface area contributed by atoms with E-state index in [2.05, 4.69) is 25.9 Å². The van der Waals surface area contributed by atoms with Gasteiger partial charge in [-0.05, 0) is 37.3 Å². The molecule has 0 saturated heterocycles. The zero-order valence-corrected chi connectivity index (χ0v) is 18.0. The topological polar surface area (TPSA) is 125 Å². The molecule has 1 atom stereocenters. The zero-order chi connectivity index (χ0) is 22.8. The molecule has 2 amide bonds. The summed E-state index contributed by atoms with van der Waals surface area (Å²) in [6.45, 7) is 1.96. The van der Waals surface area contributed by atoms with Crippen LogP contribution >= 0.6 is 11.6 Å². The summed E-state index contributed by atoms with van der Waals surface area (Å²) in [6.07, 6.45) is -0.197. The Morgan fingerprint density at radius 2 is 1.94 bits per heavy atom. The number of hydrogen-bond acceptors (Lipinski definition) is 6. The van der Waals surface area contributed by atoms with Gasteiger partial charge in [-0.25, -0.2) is 0 Å². The van der Waals surface area contributed by atoms with Gasteiger partial charge < -0.3 is 20.7 Å². The first-order valence-electron chi connectivity index (χ1n) is 9.76. The molecule has 0 aliphatic carbocycles. The molecule has 1 aromatic heterocycles. The lowest BCUT2D eigenvalue weighted by atomic mass is 9.92. The summed E-state index contributed by atoms with van der Waals surface area (Å²) >= 11 is 6.02. The van der Waals surface area contributed by atoms with Crippen molar-refractivity contribution in [2.75, 3.05) is 23.1 Å². The molecule has 2 heterocycles. The summed E-state index contributed by atoms with van der Waals surface area (Å²) in [5, 5.41) is 8.67. The molecular formula is C22H20ClN5O4. The molecule has 32 heavy (non-hydrogen) atoms. The number of methoxy groups -OCH3 is 1. The standard InChI is InChI=1S/C22H20ClN5O4/c1-11-3-6-13(7-4-11)24-22-27-19-18(21(31)28-22)14(10-17(29)26-19)20(30)25-15-9-12(23)5-8-16(15)32-2/h3-9,14H,10H2,1-2H3,(H,25,30)(H3,24,26,27,28,29,31)/t14-/m0/s1. The van der Waals surface area contributed by atoms with Crippen LogP contribution in [0.2, 0.25) is 5.02 Å². The van der Waals surface area contributed by atoms with Crippen LogP contribution in [0.3, 0.4) is 0 Å². The van der Waals surface area contributed by atoms with Gasteiger partial charge in [0.15, 0.2) is 0 Å². The maximum absolute atomic E-state index is 13.0. The Bertz CT molecular complexity index is 1260. The number of ether oxygens (including phenoxy) is 1. The van der Waals surface area contributed by atoms with Crippen molar-refractivity contribution in [2.24, 2.45) is 0 Å². The Morgan fingerprint density at radius 1 is 1.19 bits per heavy atom. The van der Waals surface area contributed by atoms with E-state index in [1.165, 1.54) is 13.2 Å². The minimum absolute atomic E-state index is 0.0396. The van der Waals surface area contributed by atoms with Gasteiger partial charge in [0.05, 0.1) is 24.3 Å². The van der Waals surface area contributed by atoms with Crippen LogP contribution in [-0.2, 0) is 9.59 Å². The van der Waals surface area contributed by atoms with Gasteiger partial charge in [-0.1, -0.05) is 29.3 Å². The van der Waals surface area contributed by atoms with Crippen LogP contribution in [0, 0.1) is 6.92 Å². The Hall–Kier alpha value is -3.85. The van der Waals surface area contributed by atoms with Crippen LogP contribution in [0.25, 0.3) is 0 Å². The normalized spacial score (nSPS) is 14.8. The molecule has 10 heteroatoms. The molecule has 2 aromatic carbocycles. The monoisotopic (exact) mass is 453 g/mol. The van der Waals surface area contributed by atoms with Crippen LogP contribution in [0.1, 0.15) is 23.5 Å². The fourth-order valence-corrected chi connectivity index (χ4v) is 3.60. The summed E-state index contributed by atoms with van der Waals surface area (Å²) in [7, 11) is 1.46. The summed E-state index contributed by atoms with van der Waals surface area (Å²) in [5.74, 6) is -1.42. The third kappa shape index (κ3) is 4.42. The Balaban J connectivity index is 1.65. The average Bonchev–Trinajstić information content (AvgIpc) is 2.74. The van der Waals surface area contributed by atoms with E-state index in [-0.39, 0.29) is 23.8 Å². The van der Waals surface area contributed by atoms with E-state index in [0.717, 1.165) is 5.56 Å². The molecule has 164 valence electrons. The van der Waals surface area contributed by atoms with Crippen molar-refractivity contribution in [3.8, 4) is 5.75 Å². The summed E-state index contributed by atoms with van der Waals surface area (Å²) in [6, 6.07) is 12.2. The highest BCUT2D eigenvalue weighted by atomic mass is 35.5. The van der Waals surface area contributed by atoms with E-state index in [1.807, 2.05) is 31.2 Å². The van der Waals surface area contributed by atoms with Crippen molar-refractivity contribution in [1.82, 2.24) is 9.97 Å². The number of fused-ring (bicyclic) bond motifs is 1. The number of anilines is 4. The average molecular weight is 454 g/mol. The first kappa shape index (κ1) is 21.4. The number of aromatic nitrogens is 2. The van der Waals surface area contributed by atoms with E-state index in [9.17, 15) is 14.4 Å². The smallest absolute Gasteiger partial charge is 0.258 e. The lowest BCUT2D eigenvalue weighted by Crippen LogP contribution is -2.36. The van der Waals surface area contributed by atoms with Gasteiger partial charge in [-0.3, -0.25) is 19.4 Å². The molecule has 4 rings (SSSR count). The second kappa shape index (κ2) is 8.72. The number of nitrogens with one attached hydrogen (secondary N) is 4. The Morgan fingerprint density at radius 3 is 2.66 bits per heavy atom. The van der Waals surface area contributed by atoms with Gasteiger partial charge in [0, 0.05) is 17.1 Å². The Kier molecular flexibility index (Phi) is 5.83. The lowest BCUT2D eigenvalue weighted by molar-refractivity contribution is -0.123. The minimum Gasteiger partial charge on any atom is -0.495 e. The van der Waals surface area contributed by atoms with Gasteiger partial charge >= 0.3 is 0 Å². The summed E-state index contributed by atoms with van der Waals surface area (Å²) < 4.78 is 5.24. The van der Waals surface area contributed by atoms with Gasteiger partial charge in [0.1, 0.15) is 11.6 Å². The molecule has 0 saturated carbocycles. The van der Waals surface area contributed by atoms with E-state index in [0.29, 0.717) is 22.1 Å². The molecule has 0 bridgehead atoms. The van der Waals surface area contributed by atoms with Crippen LogP contribution < -0.4 is 26.2 Å². The Labute approximate surface area is 188 Å². The molecule has 1 aliphatic heterocycles. The van der Waals surface area contributed by atoms with Crippen molar-refractivity contribution in [3.05, 3.63) is 69.0 Å². The van der Waals surface area contributed by atoms with Crippen LogP contribution in [0.15, 0.2) is 47.3 Å². The summed E-state index contributed by atoms with van der Waals surface area (Å²) in [4.78, 5) is 45.1. The van der Waals surface area contributed by atoms with Gasteiger partial charge in [-0.2, -0.15) is 4.98 Å². The van der Waals surface area contributed by atoms with Crippen molar-refractivity contribution in [3.63, 3.8) is 0 Å². The highest BCUT2D eigenvalue weighted by Gasteiger charge is 2.35. The molecule has 0 fully saturated rings. The van der Waals surface area contributed by atoms with Gasteiger partial charge in [0.2, 0.25) is 17.8 Å². The van der Waals surface area contributed by atoms with E-state index < -0.39 is 23.3 Å². The lowest BCUT2D eigenvalue weighted by Gasteiger charge is -2.24. The molecule has 0 radical (unpaired) electrons. The number of halogens is 1. The van der Waals surface area contributed by atoms with Crippen molar-refractivity contribution in [2.45, 2.75) is 19.3 Å². The van der Waals surface area contributed by atoms with E-state index in [4.69, 9.17) is 16.3 Å². The number of aromatic amines is 1. The largest absolute Gasteiger partial charge is 0.495 e. The maximum atomic E-state index is 13.0. The maximum Gasteiger partial charge on any atom is 0.258 e. The number of aryl methyl sites for hydroxylation is 1. The fraction of sp³-hybridized carbons (Fsp3) is 0.182. The number of carbonyl (C=O) groups is 2. The van der Waals surface area contributed by atoms with Crippen molar-refractivity contribution < 1.29 is 14.3 Å². The van der Waals surface area contributed by atoms with Gasteiger partial charge in [0.25, 0.3) is 5.56 Å². The first-order valence-corrected chi connectivity index (χ1v) is 10.1. The molecule has 3 aromatic rings. The molecular weight excluding hydrogens is 434 g/mol. The van der Waals surface area contributed by atoms with Crippen LogP contribution in [0.4, 0.5) is 23.1 Å². The molecule has 0 spiro atoms. The zero-order valence-electron chi connectivity index (χ0n) is 17.3. The summed E-state index contributed by atoms with van der Waals surface area (Å²) in [5.41, 5.74) is 1.68. The number of amides is 2. The number of H-pyrrole nitrogens is 1. The molecule has 0 unspecified atom stereocenters. The van der Waals surface area contributed by atoms with Crippen molar-refractivity contribution in [1.29, 1.82) is 0 Å². The van der Waals surface area contributed by atoms with Crippen LogP contribution in [-0.4, -0.2) is 28.9 Å². The SMILES string of the molecule is COc1ccc(Cl)cc1NC(=O)[C@H]1CC(=O)Nc2nc(Nc3ccc(C)cc3)[nH]c(=O)c21. The number of benzene rings is 2. The van der Waals surface area contributed by atoms with E-state index >= 15 is 0 Å². The first-order chi connectivity index (χ1) is 15.3. The highest BCUT2D eigenvalue weighted by Crippen LogP contribution is 2.33. The predicted molar refractivity (Wildman–Crippen MR) is 122 cm³/mol. The number of hydrogen-bond donors (Lipinski definition) is 4. The number of carbonyl (C=O) groups excluding carboxylic acids is 2. The molecule has 9 nitrogen and oxygen atoms in total. The molecule has 4 N–H and O–H groups in total. The number of nitrogens with zero attached hydrogens (tertiary/aromatic N) is 1. The van der Waals surface area contributed by atoms with Gasteiger partial charge in [-0.15, -0.1) is 0 Å². The number of rotatable bonds is 5. The third-order valence-corrected chi connectivity index (χ3v) is 5.24. The highest BCUT2D eigenvalue weighted by molar-refractivity contribution is 6.31. The molecule has 1 aliphatic rings.